The molecule has 116 valence electrons. The van der Waals surface area contributed by atoms with Crippen LogP contribution in [0.3, 0.4) is 0 Å². The number of methoxy groups -OCH3 is 1. The number of phenolic OH excluding ortho intramolecular Hbond substituents is 1. The molecule has 0 aliphatic carbocycles. The summed E-state index contributed by atoms with van der Waals surface area (Å²) in [4.78, 5) is 2.49. The number of benzene rings is 1. The molecule has 0 amide bonds. The Morgan fingerprint density at radius 3 is 2.50 bits per heavy atom. The zero-order valence-corrected chi connectivity index (χ0v) is 13.6. The molecule has 1 aliphatic rings. The second-order valence-electron chi connectivity index (χ2n) is 4.64. The molecule has 6 heteroatoms. The van der Waals surface area contributed by atoms with Crippen molar-refractivity contribution in [2.75, 3.05) is 33.3 Å². The topological polar surface area (TPSA) is 44.7 Å². The minimum Gasteiger partial charge on any atom is -0.504 e. The second kappa shape index (κ2) is 9.29. The molecule has 1 fully saturated rings. The maximum absolute atomic E-state index is 9.65. The highest BCUT2D eigenvalue weighted by molar-refractivity contribution is 5.85. The number of aromatic hydroxyl groups is 1. The Labute approximate surface area is 133 Å². The highest BCUT2D eigenvalue weighted by Gasteiger charge is 2.21. The Bertz CT molecular complexity index is 399. The lowest BCUT2D eigenvalue weighted by atomic mass is 10.0. The largest absolute Gasteiger partial charge is 0.504 e. The van der Waals surface area contributed by atoms with E-state index in [-0.39, 0.29) is 30.6 Å². The molecule has 2 N–H and O–H groups in total. The van der Waals surface area contributed by atoms with Crippen LogP contribution in [0.25, 0.3) is 0 Å². The van der Waals surface area contributed by atoms with Gasteiger partial charge in [-0.05, 0) is 24.1 Å². The summed E-state index contributed by atoms with van der Waals surface area (Å²) in [5.74, 6) is 0.762. The summed E-state index contributed by atoms with van der Waals surface area (Å²) in [6.07, 6.45) is 1.06. The van der Waals surface area contributed by atoms with Crippen molar-refractivity contribution in [1.29, 1.82) is 0 Å². The zero-order valence-electron chi connectivity index (χ0n) is 12.0. The van der Waals surface area contributed by atoms with Crippen molar-refractivity contribution in [3.63, 3.8) is 0 Å². The third-order valence-electron chi connectivity index (χ3n) is 3.57. The van der Waals surface area contributed by atoms with E-state index in [0.717, 1.165) is 32.6 Å². The number of halogens is 2. The number of ether oxygens (including phenoxy) is 1. The fraction of sp³-hybridized carbons (Fsp3) is 0.571. The van der Waals surface area contributed by atoms with Crippen LogP contribution in [0.4, 0.5) is 0 Å². The van der Waals surface area contributed by atoms with Gasteiger partial charge >= 0.3 is 0 Å². The summed E-state index contributed by atoms with van der Waals surface area (Å²) in [5.41, 5.74) is 1.22. The number of hydrogen-bond donors (Lipinski definition) is 2. The van der Waals surface area contributed by atoms with E-state index >= 15 is 0 Å². The van der Waals surface area contributed by atoms with Crippen LogP contribution in [-0.2, 0) is 0 Å². The molecule has 0 bridgehead atoms. The molecule has 1 aromatic carbocycles. The summed E-state index contributed by atoms with van der Waals surface area (Å²) >= 11 is 0. The van der Waals surface area contributed by atoms with Crippen molar-refractivity contribution in [3.05, 3.63) is 23.8 Å². The number of rotatable bonds is 4. The van der Waals surface area contributed by atoms with Gasteiger partial charge in [0, 0.05) is 32.2 Å². The number of nitrogens with one attached hydrogen (secondary N) is 1. The van der Waals surface area contributed by atoms with Crippen LogP contribution in [0, 0.1) is 0 Å². The molecule has 1 aromatic rings. The van der Waals surface area contributed by atoms with Gasteiger partial charge < -0.3 is 15.2 Å². The molecule has 2 rings (SSSR count). The quantitative estimate of drug-likeness (QED) is 0.894. The number of phenols is 1. The van der Waals surface area contributed by atoms with E-state index in [1.165, 1.54) is 5.56 Å². The van der Waals surface area contributed by atoms with E-state index in [1.54, 1.807) is 13.2 Å². The van der Waals surface area contributed by atoms with Crippen LogP contribution in [-0.4, -0.2) is 43.3 Å². The van der Waals surface area contributed by atoms with E-state index in [2.05, 4.69) is 17.1 Å². The smallest absolute Gasteiger partial charge is 0.160 e. The van der Waals surface area contributed by atoms with Crippen molar-refractivity contribution in [1.82, 2.24) is 10.2 Å². The molecule has 1 heterocycles. The first-order chi connectivity index (χ1) is 8.76. The zero-order chi connectivity index (χ0) is 13.0. The summed E-state index contributed by atoms with van der Waals surface area (Å²) in [6.45, 7) is 6.44. The van der Waals surface area contributed by atoms with Crippen LogP contribution < -0.4 is 10.1 Å². The molecule has 20 heavy (non-hydrogen) atoms. The van der Waals surface area contributed by atoms with Gasteiger partial charge in [0.1, 0.15) is 0 Å². The maximum Gasteiger partial charge on any atom is 0.160 e. The number of nitrogens with zero attached hydrogens (tertiary/aromatic N) is 1. The average molecular weight is 323 g/mol. The predicted octanol–water partition coefficient (Wildman–Crippen LogP) is 2.60. The van der Waals surface area contributed by atoms with Gasteiger partial charge in [0.15, 0.2) is 11.5 Å². The third kappa shape index (κ3) is 4.42. The molecular weight excluding hydrogens is 299 g/mol. The fourth-order valence-electron chi connectivity index (χ4n) is 2.60. The van der Waals surface area contributed by atoms with E-state index in [0.29, 0.717) is 11.8 Å². The van der Waals surface area contributed by atoms with Gasteiger partial charge in [-0.3, -0.25) is 4.90 Å². The Morgan fingerprint density at radius 1 is 1.30 bits per heavy atom. The van der Waals surface area contributed by atoms with Crippen molar-refractivity contribution in [3.8, 4) is 11.5 Å². The molecule has 1 atom stereocenters. The van der Waals surface area contributed by atoms with Gasteiger partial charge in [-0.1, -0.05) is 13.0 Å². The summed E-state index contributed by atoms with van der Waals surface area (Å²) in [5, 5.41) is 13.0. The highest BCUT2D eigenvalue weighted by Crippen LogP contribution is 2.32. The summed E-state index contributed by atoms with van der Waals surface area (Å²) < 4.78 is 5.19. The Morgan fingerprint density at radius 2 is 1.95 bits per heavy atom. The summed E-state index contributed by atoms with van der Waals surface area (Å²) in [6, 6.07) is 6.07. The number of piperazine rings is 1. The van der Waals surface area contributed by atoms with Gasteiger partial charge in [0.2, 0.25) is 0 Å². The van der Waals surface area contributed by atoms with E-state index in [9.17, 15) is 5.11 Å². The SMILES string of the molecule is CC[C@H](c1ccc(O)c(OC)c1)N1CCNCC1.Cl.Cl. The van der Waals surface area contributed by atoms with Gasteiger partial charge in [-0.25, -0.2) is 0 Å². The fourth-order valence-corrected chi connectivity index (χ4v) is 2.60. The molecule has 1 aliphatic heterocycles. The standard InChI is InChI=1S/C14H22N2O2.2ClH/c1-3-12(16-8-6-15-7-9-16)11-4-5-13(17)14(10-11)18-2;;/h4-5,10,12,15,17H,3,6-9H2,1-2H3;2*1H/t12-;;/m1../s1. The Balaban J connectivity index is 0.00000180. The first kappa shape index (κ1) is 19.3. The molecule has 1 saturated heterocycles. The van der Waals surface area contributed by atoms with Crippen molar-refractivity contribution in [2.45, 2.75) is 19.4 Å². The highest BCUT2D eigenvalue weighted by atomic mass is 35.5. The number of hydrogen-bond acceptors (Lipinski definition) is 4. The van der Waals surface area contributed by atoms with Gasteiger partial charge in [0.05, 0.1) is 7.11 Å². The average Bonchev–Trinajstić information content (AvgIpc) is 2.42. The lowest BCUT2D eigenvalue weighted by Gasteiger charge is -2.34. The molecule has 0 radical (unpaired) electrons. The molecular formula is C14H24Cl2N2O2. The maximum atomic E-state index is 9.65. The molecule has 0 saturated carbocycles. The monoisotopic (exact) mass is 322 g/mol. The lowest BCUT2D eigenvalue weighted by molar-refractivity contribution is 0.169. The van der Waals surface area contributed by atoms with Gasteiger partial charge in [0.25, 0.3) is 0 Å². The van der Waals surface area contributed by atoms with E-state index in [1.807, 2.05) is 12.1 Å². The Hall–Kier alpha value is -0.680. The molecule has 0 spiro atoms. The van der Waals surface area contributed by atoms with Gasteiger partial charge in [-0.2, -0.15) is 0 Å². The van der Waals surface area contributed by atoms with E-state index in [4.69, 9.17) is 4.74 Å². The third-order valence-corrected chi connectivity index (χ3v) is 3.57. The van der Waals surface area contributed by atoms with Gasteiger partial charge in [-0.15, -0.1) is 24.8 Å². The minimum absolute atomic E-state index is 0. The van der Waals surface area contributed by atoms with Crippen LogP contribution in [0.1, 0.15) is 24.9 Å². The summed E-state index contributed by atoms with van der Waals surface area (Å²) in [7, 11) is 1.59. The van der Waals surface area contributed by atoms with Crippen molar-refractivity contribution < 1.29 is 9.84 Å². The van der Waals surface area contributed by atoms with Crippen LogP contribution in [0.2, 0.25) is 0 Å². The molecule has 0 aromatic heterocycles. The van der Waals surface area contributed by atoms with Crippen LogP contribution >= 0.6 is 24.8 Å². The first-order valence-corrected chi connectivity index (χ1v) is 6.58. The molecule has 4 nitrogen and oxygen atoms in total. The predicted molar refractivity (Wildman–Crippen MR) is 86.6 cm³/mol. The molecule has 0 unspecified atom stereocenters. The first-order valence-electron chi connectivity index (χ1n) is 6.58. The van der Waals surface area contributed by atoms with Crippen LogP contribution in [0.15, 0.2) is 18.2 Å². The van der Waals surface area contributed by atoms with Crippen molar-refractivity contribution >= 4 is 24.8 Å². The lowest BCUT2D eigenvalue weighted by Crippen LogP contribution is -2.45. The minimum atomic E-state index is 0. The van der Waals surface area contributed by atoms with E-state index < -0.39 is 0 Å². The normalized spacial score (nSPS) is 16.7. The second-order valence-corrected chi connectivity index (χ2v) is 4.64. The van der Waals surface area contributed by atoms with Crippen LogP contribution in [0.5, 0.6) is 11.5 Å². The Kier molecular flexibility index (Phi) is 8.98. The van der Waals surface area contributed by atoms with Crippen molar-refractivity contribution in [2.24, 2.45) is 0 Å².